The van der Waals surface area contributed by atoms with Gasteiger partial charge in [0.25, 0.3) is 0 Å². The van der Waals surface area contributed by atoms with Crippen LogP contribution in [0.1, 0.15) is 44.1 Å². The predicted molar refractivity (Wildman–Crippen MR) is 80.4 cm³/mol. The Morgan fingerprint density at radius 3 is 2.30 bits per heavy atom. The van der Waals surface area contributed by atoms with E-state index in [4.69, 9.17) is 5.73 Å². The Hall–Kier alpha value is -1.35. The van der Waals surface area contributed by atoms with Crippen molar-refractivity contribution in [1.29, 1.82) is 0 Å². The molecule has 108 valence electrons. The third-order valence-corrected chi connectivity index (χ3v) is 5.10. The molecule has 2 aliphatic rings. The molecule has 2 fully saturated rings. The molecular formula is C17H24N2O. The number of carbonyl (C=O) groups excluding carboxylic acids is 1. The number of carbonyl (C=O) groups is 1. The van der Waals surface area contributed by atoms with Gasteiger partial charge in [0.05, 0.1) is 5.41 Å². The Labute approximate surface area is 121 Å². The van der Waals surface area contributed by atoms with Crippen LogP contribution in [0.15, 0.2) is 30.3 Å². The largest absolute Gasteiger partial charge is 0.342 e. The second-order valence-corrected chi connectivity index (χ2v) is 6.43. The fourth-order valence-electron chi connectivity index (χ4n) is 3.50. The summed E-state index contributed by atoms with van der Waals surface area (Å²) < 4.78 is 0. The van der Waals surface area contributed by atoms with Crippen LogP contribution in [0.3, 0.4) is 0 Å². The average Bonchev–Trinajstić information content (AvgIpc) is 3.29. The van der Waals surface area contributed by atoms with Crippen molar-refractivity contribution < 1.29 is 4.79 Å². The highest BCUT2D eigenvalue weighted by molar-refractivity contribution is 5.91. The minimum Gasteiger partial charge on any atom is -0.342 e. The SMILES string of the molecule is CN(C(=O)C1(c2ccccc2)CC1)C1CCC(N)CC1. The molecule has 0 unspecified atom stereocenters. The van der Waals surface area contributed by atoms with Crippen LogP contribution in [0, 0.1) is 0 Å². The average molecular weight is 272 g/mol. The van der Waals surface area contributed by atoms with Gasteiger partial charge in [-0.3, -0.25) is 4.79 Å². The van der Waals surface area contributed by atoms with E-state index in [1.54, 1.807) is 0 Å². The lowest BCUT2D eigenvalue weighted by Gasteiger charge is -2.35. The van der Waals surface area contributed by atoms with Crippen molar-refractivity contribution in [1.82, 2.24) is 4.90 Å². The summed E-state index contributed by atoms with van der Waals surface area (Å²) in [6.07, 6.45) is 6.17. The Bertz CT molecular complexity index is 473. The predicted octanol–water partition coefficient (Wildman–Crippen LogP) is 2.45. The third kappa shape index (κ3) is 2.35. The smallest absolute Gasteiger partial charge is 0.233 e. The summed E-state index contributed by atoms with van der Waals surface area (Å²) in [7, 11) is 1.98. The zero-order chi connectivity index (χ0) is 14.2. The molecule has 0 radical (unpaired) electrons. The van der Waals surface area contributed by atoms with E-state index in [0.29, 0.717) is 18.0 Å². The second kappa shape index (κ2) is 5.21. The van der Waals surface area contributed by atoms with E-state index in [2.05, 4.69) is 12.1 Å². The second-order valence-electron chi connectivity index (χ2n) is 6.43. The Morgan fingerprint density at radius 2 is 1.75 bits per heavy atom. The minimum atomic E-state index is -0.227. The Kier molecular flexibility index (Phi) is 3.55. The van der Waals surface area contributed by atoms with Gasteiger partial charge in [0.1, 0.15) is 0 Å². The number of nitrogens with two attached hydrogens (primary N) is 1. The summed E-state index contributed by atoms with van der Waals surface area (Å²) in [4.78, 5) is 14.9. The highest BCUT2D eigenvalue weighted by Crippen LogP contribution is 2.49. The molecule has 3 nitrogen and oxygen atoms in total. The van der Waals surface area contributed by atoms with Crippen LogP contribution in [0.2, 0.25) is 0 Å². The zero-order valence-electron chi connectivity index (χ0n) is 12.2. The molecule has 20 heavy (non-hydrogen) atoms. The summed E-state index contributed by atoms with van der Waals surface area (Å²) in [5, 5.41) is 0. The Balaban J connectivity index is 1.72. The summed E-state index contributed by atoms with van der Waals surface area (Å²) in [5.74, 6) is 0.309. The van der Waals surface area contributed by atoms with Crippen LogP contribution >= 0.6 is 0 Å². The van der Waals surface area contributed by atoms with Crippen LogP contribution in [0.5, 0.6) is 0 Å². The van der Waals surface area contributed by atoms with Gasteiger partial charge in [0, 0.05) is 19.1 Å². The molecule has 3 rings (SSSR count). The van der Waals surface area contributed by atoms with Gasteiger partial charge in [0.15, 0.2) is 0 Å². The van der Waals surface area contributed by atoms with Gasteiger partial charge in [-0.05, 0) is 44.1 Å². The van der Waals surface area contributed by atoms with E-state index < -0.39 is 0 Å². The van der Waals surface area contributed by atoms with E-state index in [1.165, 1.54) is 5.56 Å². The van der Waals surface area contributed by atoms with Gasteiger partial charge >= 0.3 is 0 Å². The van der Waals surface area contributed by atoms with Crippen molar-refractivity contribution in [2.24, 2.45) is 5.73 Å². The van der Waals surface area contributed by atoms with Gasteiger partial charge in [-0.2, -0.15) is 0 Å². The molecule has 1 aromatic carbocycles. The molecular weight excluding hydrogens is 248 g/mol. The molecule has 2 N–H and O–H groups in total. The van der Waals surface area contributed by atoms with Gasteiger partial charge in [-0.25, -0.2) is 0 Å². The first-order chi connectivity index (χ1) is 9.63. The van der Waals surface area contributed by atoms with Gasteiger partial charge in [0.2, 0.25) is 5.91 Å². The molecule has 0 saturated heterocycles. The molecule has 0 aromatic heterocycles. The first-order valence-electron chi connectivity index (χ1n) is 7.72. The molecule has 2 saturated carbocycles. The van der Waals surface area contributed by atoms with Crippen LogP contribution < -0.4 is 5.73 Å². The number of hydrogen-bond donors (Lipinski definition) is 1. The van der Waals surface area contributed by atoms with Crippen molar-refractivity contribution in [3.8, 4) is 0 Å². The summed E-state index contributed by atoms with van der Waals surface area (Å²) >= 11 is 0. The lowest BCUT2D eigenvalue weighted by molar-refractivity contribution is -0.135. The van der Waals surface area contributed by atoms with Gasteiger partial charge in [-0.15, -0.1) is 0 Å². The molecule has 0 spiro atoms. The number of amides is 1. The van der Waals surface area contributed by atoms with E-state index in [-0.39, 0.29) is 5.41 Å². The first-order valence-corrected chi connectivity index (χ1v) is 7.72. The Morgan fingerprint density at radius 1 is 1.15 bits per heavy atom. The maximum Gasteiger partial charge on any atom is 0.233 e. The van der Waals surface area contributed by atoms with E-state index >= 15 is 0 Å². The van der Waals surface area contributed by atoms with Gasteiger partial charge in [-0.1, -0.05) is 30.3 Å². The first kappa shape index (κ1) is 13.6. The highest BCUT2D eigenvalue weighted by atomic mass is 16.2. The molecule has 3 heteroatoms. The standard InChI is InChI=1S/C17H24N2O/c1-19(15-9-7-14(18)8-10-15)16(20)17(11-12-17)13-5-3-2-4-6-13/h2-6,14-15H,7-12,18H2,1H3. The topological polar surface area (TPSA) is 46.3 Å². The molecule has 0 heterocycles. The van der Waals surface area contributed by atoms with Crippen LogP contribution in [-0.2, 0) is 10.2 Å². The maximum atomic E-state index is 12.9. The summed E-state index contributed by atoms with van der Waals surface area (Å²) in [6, 6.07) is 11.0. The lowest BCUT2D eigenvalue weighted by atomic mass is 9.88. The van der Waals surface area contributed by atoms with Crippen molar-refractivity contribution >= 4 is 5.91 Å². The van der Waals surface area contributed by atoms with Gasteiger partial charge < -0.3 is 10.6 Å². The van der Waals surface area contributed by atoms with E-state index in [0.717, 1.165) is 38.5 Å². The van der Waals surface area contributed by atoms with Crippen molar-refractivity contribution in [2.45, 2.75) is 56.0 Å². The van der Waals surface area contributed by atoms with Crippen molar-refractivity contribution in [2.75, 3.05) is 7.05 Å². The number of rotatable bonds is 3. The van der Waals surface area contributed by atoms with E-state index in [9.17, 15) is 4.79 Å². The van der Waals surface area contributed by atoms with Crippen molar-refractivity contribution in [3.63, 3.8) is 0 Å². The quantitative estimate of drug-likeness (QED) is 0.918. The van der Waals surface area contributed by atoms with Crippen LogP contribution in [-0.4, -0.2) is 29.9 Å². The van der Waals surface area contributed by atoms with Crippen molar-refractivity contribution in [3.05, 3.63) is 35.9 Å². The molecule has 0 atom stereocenters. The minimum absolute atomic E-state index is 0.227. The molecule has 2 aliphatic carbocycles. The lowest BCUT2D eigenvalue weighted by Crippen LogP contribution is -2.46. The summed E-state index contributed by atoms with van der Waals surface area (Å²) in [5.41, 5.74) is 6.92. The van der Waals surface area contributed by atoms with Crippen LogP contribution in [0.25, 0.3) is 0 Å². The monoisotopic (exact) mass is 272 g/mol. The molecule has 0 bridgehead atoms. The maximum absolute atomic E-state index is 12.9. The number of nitrogens with zero attached hydrogens (tertiary/aromatic N) is 1. The van der Waals surface area contributed by atoms with Crippen LogP contribution in [0.4, 0.5) is 0 Å². The number of hydrogen-bond acceptors (Lipinski definition) is 2. The normalized spacial score (nSPS) is 27.9. The number of benzene rings is 1. The fraction of sp³-hybridized carbons (Fsp3) is 0.588. The van der Waals surface area contributed by atoms with E-state index in [1.807, 2.05) is 30.1 Å². The number of likely N-dealkylation sites (N-methyl/N-ethyl adjacent to an activating group) is 1. The zero-order valence-corrected chi connectivity index (χ0v) is 12.2. The molecule has 0 aliphatic heterocycles. The highest BCUT2D eigenvalue weighted by Gasteiger charge is 2.53. The molecule has 1 amide bonds. The molecule has 1 aromatic rings. The third-order valence-electron chi connectivity index (χ3n) is 5.10. The summed E-state index contributed by atoms with van der Waals surface area (Å²) in [6.45, 7) is 0. The fourth-order valence-corrected chi connectivity index (χ4v) is 3.50.